The van der Waals surface area contributed by atoms with Crippen molar-refractivity contribution in [3.05, 3.63) is 47.2 Å². The van der Waals surface area contributed by atoms with Crippen LogP contribution in [0.4, 0.5) is 5.69 Å². The van der Waals surface area contributed by atoms with Crippen LogP contribution in [0.2, 0.25) is 0 Å². The SMILES string of the molecule is COC(=O)c1ccc(N)c(Oc2ccc3c(c2)CCC3)n1. The van der Waals surface area contributed by atoms with E-state index in [1.165, 1.54) is 30.7 Å². The van der Waals surface area contributed by atoms with Crippen LogP contribution in [0.15, 0.2) is 30.3 Å². The van der Waals surface area contributed by atoms with Crippen molar-refractivity contribution in [1.82, 2.24) is 4.98 Å². The smallest absolute Gasteiger partial charge is 0.356 e. The van der Waals surface area contributed by atoms with E-state index in [1.54, 1.807) is 6.07 Å². The van der Waals surface area contributed by atoms with Gasteiger partial charge in [0, 0.05) is 0 Å². The lowest BCUT2D eigenvalue weighted by Gasteiger charge is -2.10. The molecule has 0 unspecified atom stereocenters. The molecule has 0 aliphatic heterocycles. The Balaban J connectivity index is 1.89. The molecular weight excluding hydrogens is 268 g/mol. The summed E-state index contributed by atoms with van der Waals surface area (Å²) >= 11 is 0. The third-order valence-electron chi connectivity index (χ3n) is 3.57. The monoisotopic (exact) mass is 284 g/mol. The first-order valence-corrected chi connectivity index (χ1v) is 6.82. The highest BCUT2D eigenvalue weighted by molar-refractivity contribution is 5.87. The van der Waals surface area contributed by atoms with Gasteiger partial charge in [-0.05, 0) is 54.7 Å². The molecule has 1 aliphatic rings. The molecule has 0 bridgehead atoms. The second kappa shape index (κ2) is 5.44. The first-order valence-electron chi connectivity index (χ1n) is 6.82. The predicted molar refractivity (Wildman–Crippen MR) is 78.5 cm³/mol. The van der Waals surface area contributed by atoms with Gasteiger partial charge < -0.3 is 15.2 Å². The van der Waals surface area contributed by atoms with Crippen molar-refractivity contribution in [2.75, 3.05) is 12.8 Å². The van der Waals surface area contributed by atoms with Gasteiger partial charge in [0.2, 0.25) is 5.88 Å². The number of rotatable bonds is 3. The van der Waals surface area contributed by atoms with Gasteiger partial charge in [0.05, 0.1) is 12.8 Å². The summed E-state index contributed by atoms with van der Waals surface area (Å²) in [5.74, 6) is 0.376. The number of benzene rings is 1. The van der Waals surface area contributed by atoms with E-state index in [0.29, 0.717) is 11.4 Å². The average Bonchev–Trinajstić information content (AvgIpc) is 2.96. The number of nitrogens with zero attached hydrogens (tertiary/aromatic N) is 1. The predicted octanol–water partition coefficient (Wildman–Crippen LogP) is 2.73. The Hall–Kier alpha value is -2.56. The molecule has 3 rings (SSSR count). The van der Waals surface area contributed by atoms with Gasteiger partial charge in [-0.25, -0.2) is 9.78 Å². The molecule has 21 heavy (non-hydrogen) atoms. The number of nitrogens with two attached hydrogens (primary N) is 1. The van der Waals surface area contributed by atoms with Crippen LogP contribution in [0.25, 0.3) is 0 Å². The van der Waals surface area contributed by atoms with Crippen molar-refractivity contribution in [2.45, 2.75) is 19.3 Å². The summed E-state index contributed by atoms with van der Waals surface area (Å²) in [5.41, 5.74) is 9.07. The van der Waals surface area contributed by atoms with E-state index in [0.717, 1.165) is 12.8 Å². The normalized spacial score (nSPS) is 12.8. The zero-order chi connectivity index (χ0) is 14.8. The number of carbonyl (C=O) groups is 1. The molecule has 2 N–H and O–H groups in total. The fraction of sp³-hybridized carbons (Fsp3) is 0.250. The van der Waals surface area contributed by atoms with E-state index in [9.17, 15) is 4.79 Å². The zero-order valence-corrected chi connectivity index (χ0v) is 11.8. The van der Waals surface area contributed by atoms with Crippen molar-refractivity contribution in [3.63, 3.8) is 0 Å². The molecule has 1 aromatic heterocycles. The summed E-state index contributed by atoms with van der Waals surface area (Å²) in [5, 5.41) is 0. The van der Waals surface area contributed by atoms with Gasteiger partial charge >= 0.3 is 5.97 Å². The van der Waals surface area contributed by atoms with Crippen molar-refractivity contribution in [1.29, 1.82) is 0 Å². The molecule has 1 heterocycles. The lowest BCUT2D eigenvalue weighted by Crippen LogP contribution is -2.06. The van der Waals surface area contributed by atoms with Crippen LogP contribution < -0.4 is 10.5 Å². The average molecular weight is 284 g/mol. The maximum Gasteiger partial charge on any atom is 0.356 e. The highest BCUT2D eigenvalue weighted by Crippen LogP contribution is 2.30. The van der Waals surface area contributed by atoms with Crippen LogP contribution in [-0.4, -0.2) is 18.1 Å². The molecule has 5 nitrogen and oxygen atoms in total. The number of aryl methyl sites for hydroxylation is 2. The number of anilines is 1. The molecule has 0 saturated carbocycles. The summed E-state index contributed by atoms with van der Waals surface area (Å²) in [6.07, 6.45) is 3.36. The molecule has 1 aromatic carbocycles. The highest BCUT2D eigenvalue weighted by atomic mass is 16.5. The van der Waals surface area contributed by atoms with E-state index in [-0.39, 0.29) is 11.6 Å². The number of hydrogen-bond acceptors (Lipinski definition) is 5. The van der Waals surface area contributed by atoms with E-state index in [2.05, 4.69) is 15.8 Å². The molecule has 0 atom stereocenters. The number of pyridine rings is 1. The van der Waals surface area contributed by atoms with Gasteiger partial charge in [-0.2, -0.15) is 0 Å². The third kappa shape index (κ3) is 2.67. The standard InChI is InChI=1S/C16H16N2O3/c1-20-16(19)14-8-7-13(17)15(18-14)21-12-6-5-10-3-2-4-11(10)9-12/h5-9H,2-4,17H2,1H3. The molecule has 0 amide bonds. The Morgan fingerprint density at radius 1 is 1.19 bits per heavy atom. The first-order chi connectivity index (χ1) is 10.2. The number of nitrogen functional groups attached to an aromatic ring is 1. The van der Waals surface area contributed by atoms with Crippen LogP contribution in [0.1, 0.15) is 28.0 Å². The molecule has 5 heteroatoms. The summed E-state index contributed by atoms with van der Waals surface area (Å²) in [4.78, 5) is 15.6. The minimum atomic E-state index is -0.520. The van der Waals surface area contributed by atoms with Crippen LogP contribution >= 0.6 is 0 Å². The topological polar surface area (TPSA) is 74.4 Å². The van der Waals surface area contributed by atoms with Crippen LogP contribution in [0, 0.1) is 0 Å². The summed E-state index contributed by atoms with van der Waals surface area (Å²) in [7, 11) is 1.31. The summed E-state index contributed by atoms with van der Waals surface area (Å²) < 4.78 is 10.4. The second-order valence-electron chi connectivity index (χ2n) is 4.97. The van der Waals surface area contributed by atoms with E-state index < -0.39 is 5.97 Å². The lowest BCUT2D eigenvalue weighted by atomic mass is 10.1. The van der Waals surface area contributed by atoms with E-state index in [4.69, 9.17) is 10.5 Å². The Morgan fingerprint density at radius 3 is 2.81 bits per heavy atom. The van der Waals surface area contributed by atoms with Gasteiger partial charge in [-0.1, -0.05) is 6.07 Å². The maximum absolute atomic E-state index is 11.5. The fourth-order valence-corrected chi connectivity index (χ4v) is 2.47. The van der Waals surface area contributed by atoms with Gasteiger partial charge in [0.25, 0.3) is 0 Å². The van der Waals surface area contributed by atoms with Crippen molar-refractivity contribution < 1.29 is 14.3 Å². The Bertz CT molecular complexity index is 698. The number of methoxy groups -OCH3 is 1. The van der Waals surface area contributed by atoms with Gasteiger partial charge in [-0.15, -0.1) is 0 Å². The lowest BCUT2D eigenvalue weighted by molar-refractivity contribution is 0.0593. The Labute approximate surface area is 122 Å². The number of fused-ring (bicyclic) bond motifs is 1. The molecular formula is C16H16N2O3. The molecule has 0 spiro atoms. The van der Waals surface area contributed by atoms with Crippen LogP contribution in [0.3, 0.4) is 0 Å². The van der Waals surface area contributed by atoms with Crippen LogP contribution in [0.5, 0.6) is 11.6 Å². The minimum Gasteiger partial charge on any atom is -0.464 e. The van der Waals surface area contributed by atoms with E-state index in [1.807, 2.05) is 12.1 Å². The number of carbonyl (C=O) groups excluding carboxylic acids is 1. The van der Waals surface area contributed by atoms with Crippen LogP contribution in [-0.2, 0) is 17.6 Å². The van der Waals surface area contributed by atoms with E-state index >= 15 is 0 Å². The third-order valence-corrected chi connectivity index (χ3v) is 3.57. The van der Waals surface area contributed by atoms with Gasteiger partial charge in [0.1, 0.15) is 5.75 Å². The summed E-state index contributed by atoms with van der Waals surface area (Å²) in [6.45, 7) is 0. The zero-order valence-electron chi connectivity index (χ0n) is 11.8. The largest absolute Gasteiger partial charge is 0.464 e. The fourth-order valence-electron chi connectivity index (χ4n) is 2.47. The minimum absolute atomic E-state index is 0.169. The molecule has 0 saturated heterocycles. The van der Waals surface area contributed by atoms with Gasteiger partial charge in [0.15, 0.2) is 5.69 Å². The maximum atomic E-state index is 11.5. The van der Waals surface area contributed by atoms with Crippen molar-refractivity contribution in [2.24, 2.45) is 0 Å². The Kier molecular flexibility index (Phi) is 3.48. The number of aromatic nitrogens is 1. The summed E-state index contributed by atoms with van der Waals surface area (Å²) in [6, 6.07) is 9.07. The highest BCUT2D eigenvalue weighted by Gasteiger charge is 2.14. The first kappa shape index (κ1) is 13.4. The van der Waals surface area contributed by atoms with Crippen molar-refractivity contribution in [3.8, 4) is 11.6 Å². The van der Waals surface area contributed by atoms with Gasteiger partial charge in [-0.3, -0.25) is 0 Å². The molecule has 108 valence electrons. The molecule has 0 radical (unpaired) electrons. The number of ether oxygens (including phenoxy) is 2. The molecule has 1 aliphatic carbocycles. The number of esters is 1. The molecule has 2 aromatic rings. The second-order valence-corrected chi connectivity index (χ2v) is 4.97. The Morgan fingerprint density at radius 2 is 2.00 bits per heavy atom. The quantitative estimate of drug-likeness (QED) is 0.877. The van der Waals surface area contributed by atoms with Crippen molar-refractivity contribution >= 4 is 11.7 Å². The molecule has 0 fully saturated rings. The number of hydrogen-bond donors (Lipinski definition) is 1.